The third-order valence-corrected chi connectivity index (χ3v) is 2.79. The second-order valence-corrected chi connectivity index (χ2v) is 3.92. The first kappa shape index (κ1) is 9.46. The van der Waals surface area contributed by atoms with Crippen molar-refractivity contribution in [2.24, 2.45) is 0 Å². The summed E-state index contributed by atoms with van der Waals surface area (Å²) in [5.74, 6) is 0. The number of hydrogen-bond acceptors (Lipinski definition) is 2. The largest absolute Gasteiger partial charge is 0.329 e. The zero-order chi connectivity index (χ0) is 9.80. The molecule has 0 aliphatic heterocycles. The first-order valence-electron chi connectivity index (χ1n) is 5.25. The number of aromatic nitrogens is 1. The maximum absolute atomic E-state index is 11.0. The molecule has 76 valence electrons. The van der Waals surface area contributed by atoms with Gasteiger partial charge >= 0.3 is 0 Å². The van der Waals surface area contributed by atoms with Gasteiger partial charge in [0.15, 0.2) is 0 Å². The minimum absolute atomic E-state index is 0.0179. The summed E-state index contributed by atoms with van der Waals surface area (Å²) in [7, 11) is 0. The minimum atomic E-state index is -0.0179. The quantitative estimate of drug-likeness (QED) is 0.760. The van der Waals surface area contributed by atoms with E-state index in [9.17, 15) is 4.79 Å². The van der Waals surface area contributed by atoms with Crippen LogP contribution in [0, 0.1) is 0 Å². The second kappa shape index (κ2) is 4.42. The van der Waals surface area contributed by atoms with Crippen LogP contribution in [0.3, 0.4) is 0 Å². The molecule has 14 heavy (non-hydrogen) atoms. The molecule has 1 saturated carbocycles. The molecule has 0 amide bonds. The van der Waals surface area contributed by atoms with E-state index < -0.39 is 0 Å². The van der Waals surface area contributed by atoms with Gasteiger partial charge in [-0.15, -0.1) is 0 Å². The molecule has 3 nitrogen and oxygen atoms in total. The molecule has 1 heterocycles. The Morgan fingerprint density at radius 2 is 2.21 bits per heavy atom. The molecular formula is C11H16N2O. The standard InChI is InChI=1S/C11H16N2O/c14-11-7-9(5-6-12-11)8-13-10-3-1-2-4-10/h5-7,10,13H,1-4,8H2,(H,12,14). The van der Waals surface area contributed by atoms with Crippen LogP contribution in [0.1, 0.15) is 31.2 Å². The molecule has 2 rings (SSSR count). The Morgan fingerprint density at radius 1 is 1.43 bits per heavy atom. The van der Waals surface area contributed by atoms with Gasteiger partial charge in [0, 0.05) is 24.8 Å². The molecule has 3 heteroatoms. The molecule has 1 aromatic rings. The summed E-state index contributed by atoms with van der Waals surface area (Å²) in [6.07, 6.45) is 6.94. The molecule has 0 bridgehead atoms. The number of H-pyrrole nitrogens is 1. The molecular weight excluding hydrogens is 176 g/mol. The number of hydrogen-bond donors (Lipinski definition) is 2. The Morgan fingerprint density at radius 3 is 2.93 bits per heavy atom. The summed E-state index contributed by atoms with van der Waals surface area (Å²) in [5, 5.41) is 3.47. The normalized spacial score (nSPS) is 17.4. The molecule has 1 aliphatic rings. The smallest absolute Gasteiger partial charge is 0.248 e. The van der Waals surface area contributed by atoms with Gasteiger partial charge in [-0.1, -0.05) is 12.8 Å². The monoisotopic (exact) mass is 192 g/mol. The highest BCUT2D eigenvalue weighted by Gasteiger charge is 2.13. The van der Waals surface area contributed by atoms with Gasteiger partial charge in [-0.3, -0.25) is 4.79 Å². The Balaban J connectivity index is 1.88. The maximum atomic E-state index is 11.0. The van der Waals surface area contributed by atoms with E-state index in [0.717, 1.165) is 12.1 Å². The summed E-state index contributed by atoms with van der Waals surface area (Å²) in [6.45, 7) is 0.814. The second-order valence-electron chi connectivity index (χ2n) is 3.92. The molecule has 2 N–H and O–H groups in total. The third-order valence-electron chi connectivity index (χ3n) is 2.79. The Bertz CT molecular complexity index is 339. The van der Waals surface area contributed by atoms with Gasteiger partial charge in [0.2, 0.25) is 5.56 Å². The molecule has 0 radical (unpaired) electrons. The Hall–Kier alpha value is -1.09. The molecule has 0 unspecified atom stereocenters. The summed E-state index contributed by atoms with van der Waals surface area (Å²) < 4.78 is 0. The summed E-state index contributed by atoms with van der Waals surface area (Å²) >= 11 is 0. The average molecular weight is 192 g/mol. The molecule has 0 saturated heterocycles. The molecule has 0 aromatic carbocycles. The summed E-state index contributed by atoms with van der Waals surface area (Å²) in [4.78, 5) is 13.6. The first-order valence-corrected chi connectivity index (χ1v) is 5.25. The Kier molecular flexibility index (Phi) is 2.99. The first-order chi connectivity index (χ1) is 6.84. The van der Waals surface area contributed by atoms with Crippen molar-refractivity contribution in [3.8, 4) is 0 Å². The van der Waals surface area contributed by atoms with Gasteiger partial charge in [0.05, 0.1) is 0 Å². The predicted octanol–water partition coefficient (Wildman–Crippen LogP) is 1.41. The van der Waals surface area contributed by atoms with Crippen LogP contribution in [0.4, 0.5) is 0 Å². The fraction of sp³-hybridized carbons (Fsp3) is 0.545. The van der Waals surface area contributed by atoms with E-state index >= 15 is 0 Å². The number of aromatic amines is 1. The van der Waals surface area contributed by atoms with Crippen molar-refractivity contribution in [2.45, 2.75) is 38.3 Å². The average Bonchev–Trinajstić information content (AvgIpc) is 2.67. The lowest BCUT2D eigenvalue weighted by Crippen LogP contribution is -2.25. The van der Waals surface area contributed by atoms with E-state index in [1.54, 1.807) is 12.3 Å². The number of rotatable bonds is 3. The van der Waals surface area contributed by atoms with Crippen molar-refractivity contribution in [2.75, 3.05) is 0 Å². The lowest BCUT2D eigenvalue weighted by atomic mass is 10.2. The topological polar surface area (TPSA) is 44.9 Å². The van der Waals surface area contributed by atoms with Crippen LogP contribution >= 0.6 is 0 Å². The van der Waals surface area contributed by atoms with Gasteiger partial charge < -0.3 is 10.3 Å². The van der Waals surface area contributed by atoms with Crippen LogP contribution in [0.25, 0.3) is 0 Å². The summed E-state index contributed by atoms with van der Waals surface area (Å²) in [6, 6.07) is 4.26. The highest BCUT2D eigenvalue weighted by Crippen LogP contribution is 2.17. The van der Waals surface area contributed by atoms with Crippen LogP contribution in [-0.2, 0) is 6.54 Å². The van der Waals surface area contributed by atoms with E-state index in [1.165, 1.54) is 25.7 Å². The van der Waals surface area contributed by atoms with Crippen LogP contribution in [0.5, 0.6) is 0 Å². The fourth-order valence-electron chi connectivity index (χ4n) is 1.99. The zero-order valence-corrected chi connectivity index (χ0v) is 8.25. The van der Waals surface area contributed by atoms with Crippen molar-refractivity contribution in [1.82, 2.24) is 10.3 Å². The van der Waals surface area contributed by atoms with Crippen molar-refractivity contribution in [3.05, 3.63) is 34.2 Å². The maximum Gasteiger partial charge on any atom is 0.248 e. The SMILES string of the molecule is O=c1cc(CNC2CCCC2)cc[nH]1. The van der Waals surface area contributed by atoms with Gasteiger partial charge in [-0.05, 0) is 24.5 Å². The van der Waals surface area contributed by atoms with Crippen molar-refractivity contribution in [3.63, 3.8) is 0 Å². The van der Waals surface area contributed by atoms with Crippen molar-refractivity contribution < 1.29 is 0 Å². The number of nitrogens with one attached hydrogen (secondary N) is 2. The molecule has 1 aliphatic carbocycles. The Labute approximate surface area is 83.5 Å². The zero-order valence-electron chi connectivity index (χ0n) is 8.25. The number of pyridine rings is 1. The third kappa shape index (κ3) is 2.45. The minimum Gasteiger partial charge on any atom is -0.329 e. The van der Waals surface area contributed by atoms with E-state index in [1.807, 2.05) is 6.07 Å². The molecule has 1 fully saturated rings. The van der Waals surface area contributed by atoms with Gasteiger partial charge in [0.1, 0.15) is 0 Å². The molecule has 1 aromatic heterocycles. The lowest BCUT2D eigenvalue weighted by Gasteiger charge is -2.10. The van der Waals surface area contributed by atoms with Crippen LogP contribution in [0.2, 0.25) is 0 Å². The van der Waals surface area contributed by atoms with E-state index in [2.05, 4.69) is 10.3 Å². The predicted molar refractivity (Wildman–Crippen MR) is 56.2 cm³/mol. The molecule has 0 atom stereocenters. The summed E-state index contributed by atoms with van der Waals surface area (Å²) in [5.41, 5.74) is 1.05. The molecule has 0 spiro atoms. The lowest BCUT2D eigenvalue weighted by molar-refractivity contribution is 0.524. The van der Waals surface area contributed by atoms with Crippen LogP contribution < -0.4 is 10.9 Å². The van der Waals surface area contributed by atoms with E-state index in [-0.39, 0.29) is 5.56 Å². The van der Waals surface area contributed by atoms with Gasteiger partial charge in [-0.25, -0.2) is 0 Å². The highest BCUT2D eigenvalue weighted by molar-refractivity contribution is 5.09. The van der Waals surface area contributed by atoms with Gasteiger partial charge in [-0.2, -0.15) is 0 Å². The van der Waals surface area contributed by atoms with Crippen LogP contribution in [-0.4, -0.2) is 11.0 Å². The van der Waals surface area contributed by atoms with E-state index in [0.29, 0.717) is 6.04 Å². The fourth-order valence-corrected chi connectivity index (χ4v) is 1.99. The van der Waals surface area contributed by atoms with Crippen LogP contribution in [0.15, 0.2) is 23.1 Å². The van der Waals surface area contributed by atoms with Crippen molar-refractivity contribution in [1.29, 1.82) is 0 Å². The van der Waals surface area contributed by atoms with E-state index in [4.69, 9.17) is 0 Å². The highest BCUT2D eigenvalue weighted by atomic mass is 16.1. The van der Waals surface area contributed by atoms with Crippen molar-refractivity contribution >= 4 is 0 Å². The van der Waals surface area contributed by atoms with Gasteiger partial charge in [0.25, 0.3) is 0 Å².